The van der Waals surface area contributed by atoms with Gasteiger partial charge in [0.15, 0.2) is 5.75 Å². The Bertz CT molecular complexity index is 1280. The van der Waals surface area contributed by atoms with Crippen LogP contribution in [0.1, 0.15) is 29.8 Å². The molecule has 0 radical (unpaired) electrons. The zero-order valence-electron chi connectivity index (χ0n) is 20.2. The highest BCUT2D eigenvalue weighted by Gasteiger charge is 2.29. The number of aromatic hydroxyl groups is 1. The van der Waals surface area contributed by atoms with Crippen molar-refractivity contribution in [3.8, 4) is 5.75 Å². The summed E-state index contributed by atoms with van der Waals surface area (Å²) < 4.78 is 0. The van der Waals surface area contributed by atoms with Gasteiger partial charge in [-0.3, -0.25) is 19.2 Å². The first-order valence-corrected chi connectivity index (χ1v) is 11.3. The maximum absolute atomic E-state index is 12.8. The Kier molecular flexibility index (Phi) is 7.91. The summed E-state index contributed by atoms with van der Waals surface area (Å²) in [6.07, 6.45) is 0.658. The predicted molar refractivity (Wildman–Crippen MR) is 136 cm³/mol. The Morgan fingerprint density at radius 1 is 0.943 bits per heavy atom. The monoisotopic (exact) mass is 478 g/mol. The number of benzene rings is 2. The predicted octanol–water partition coefficient (Wildman–Crippen LogP) is 2.23. The van der Waals surface area contributed by atoms with Gasteiger partial charge in [0.05, 0.1) is 11.3 Å². The highest BCUT2D eigenvalue weighted by atomic mass is 16.3. The third-order valence-corrected chi connectivity index (χ3v) is 5.65. The summed E-state index contributed by atoms with van der Waals surface area (Å²) in [4.78, 5) is 51.1. The number of phenols is 1. The summed E-state index contributed by atoms with van der Waals surface area (Å²) in [5.41, 5.74) is -0.394. The van der Waals surface area contributed by atoms with Crippen LogP contribution in [-0.4, -0.2) is 48.5 Å². The van der Waals surface area contributed by atoms with Crippen LogP contribution in [0.2, 0.25) is 0 Å². The minimum absolute atomic E-state index is 0.0318. The van der Waals surface area contributed by atoms with Crippen molar-refractivity contribution in [2.45, 2.75) is 26.3 Å². The second kappa shape index (κ2) is 10.9. The topological polar surface area (TPSA) is 128 Å². The van der Waals surface area contributed by atoms with E-state index < -0.39 is 22.8 Å². The molecule has 35 heavy (non-hydrogen) atoms. The van der Waals surface area contributed by atoms with Gasteiger partial charge in [0.2, 0.25) is 5.91 Å². The van der Waals surface area contributed by atoms with Gasteiger partial charge >= 0.3 is 0 Å². The molecule has 0 aliphatic heterocycles. The third kappa shape index (κ3) is 5.68. The van der Waals surface area contributed by atoms with E-state index in [1.165, 1.54) is 17.0 Å². The number of nitrogens with zero attached hydrogens (tertiary/aromatic N) is 1. The molecular weight excluding hydrogens is 448 g/mol. The molecular formula is C26H30N4O5. The van der Waals surface area contributed by atoms with Crippen molar-refractivity contribution >= 4 is 28.9 Å². The molecule has 0 unspecified atom stereocenters. The Balaban J connectivity index is 1.75. The van der Waals surface area contributed by atoms with E-state index in [4.69, 9.17) is 0 Å². The van der Waals surface area contributed by atoms with E-state index >= 15 is 0 Å². The normalized spacial score (nSPS) is 11.8. The van der Waals surface area contributed by atoms with Crippen LogP contribution in [0.25, 0.3) is 0 Å². The minimum Gasteiger partial charge on any atom is -0.505 e. The average molecular weight is 479 g/mol. The number of anilines is 3. The minimum atomic E-state index is -0.775. The first-order valence-electron chi connectivity index (χ1n) is 11.3. The number of phenolic OH excluding ortho intramolecular Hbond substituents is 1. The lowest BCUT2D eigenvalue weighted by molar-refractivity contribution is -0.122. The molecule has 4 N–H and O–H groups in total. The summed E-state index contributed by atoms with van der Waals surface area (Å²) in [5, 5.41) is 19.1. The lowest BCUT2D eigenvalue weighted by atomic mass is 10.0. The number of rotatable bonds is 10. The lowest BCUT2D eigenvalue weighted by Crippen LogP contribution is -2.47. The molecule has 1 atom stereocenters. The van der Waals surface area contributed by atoms with E-state index in [0.717, 1.165) is 5.56 Å². The Morgan fingerprint density at radius 3 is 2.23 bits per heavy atom. The van der Waals surface area contributed by atoms with E-state index in [2.05, 4.69) is 16.0 Å². The molecule has 3 aromatic rings. The van der Waals surface area contributed by atoms with Crippen LogP contribution in [0.4, 0.5) is 17.1 Å². The van der Waals surface area contributed by atoms with Gasteiger partial charge in [0, 0.05) is 20.6 Å². The number of carbonyl (C=O) groups is 2. The Labute approximate surface area is 203 Å². The van der Waals surface area contributed by atoms with Gasteiger partial charge < -0.3 is 26.0 Å². The number of hydrogen-bond acceptors (Lipinski definition) is 7. The molecule has 0 aliphatic carbocycles. The molecule has 0 aromatic heterocycles. The molecule has 3 aromatic carbocycles. The van der Waals surface area contributed by atoms with Crippen molar-refractivity contribution in [1.29, 1.82) is 0 Å². The van der Waals surface area contributed by atoms with Crippen LogP contribution in [0.5, 0.6) is 5.75 Å². The number of nitrogens with one attached hydrogen (secondary N) is 3. The van der Waals surface area contributed by atoms with Crippen molar-refractivity contribution in [2.75, 3.05) is 31.3 Å². The molecule has 9 heteroatoms. The van der Waals surface area contributed by atoms with Gasteiger partial charge in [0.1, 0.15) is 17.4 Å². The molecule has 0 aliphatic rings. The SMILES string of the molecule is CC(C)[C@@H](Nc1c(Nc2cccc(C(=O)N(C)C)c2O)c(=O)c1=O)C(=O)NCCc1ccccc1. The number of hydrogen-bond donors (Lipinski definition) is 4. The molecule has 0 heterocycles. The van der Waals surface area contributed by atoms with Gasteiger partial charge in [0.25, 0.3) is 16.8 Å². The van der Waals surface area contributed by atoms with Crippen LogP contribution < -0.4 is 26.8 Å². The zero-order valence-corrected chi connectivity index (χ0v) is 20.2. The van der Waals surface area contributed by atoms with Crippen molar-refractivity contribution in [3.63, 3.8) is 0 Å². The highest BCUT2D eigenvalue weighted by Crippen LogP contribution is 2.32. The summed E-state index contributed by atoms with van der Waals surface area (Å²) in [6, 6.07) is 13.5. The van der Waals surface area contributed by atoms with Crippen molar-refractivity contribution in [3.05, 3.63) is 80.1 Å². The highest BCUT2D eigenvalue weighted by molar-refractivity contribution is 5.99. The Hall–Kier alpha value is -4.14. The van der Waals surface area contributed by atoms with E-state index in [-0.39, 0.29) is 40.2 Å². The summed E-state index contributed by atoms with van der Waals surface area (Å²) in [5.74, 6) is -1.24. The van der Waals surface area contributed by atoms with Crippen LogP contribution >= 0.6 is 0 Å². The Morgan fingerprint density at radius 2 is 1.60 bits per heavy atom. The molecule has 184 valence electrons. The molecule has 0 fully saturated rings. The third-order valence-electron chi connectivity index (χ3n) is 5.65. The summed E-state index contributed by atoms with van der Waals surface area (Å²) in [6.45, 7) is 4.08. The van der Waals surface area contributed by atoms with Crippen molar-refractivity contribution in [1.82, 2.24) is 10.2 Å². The van der Waals surface area contributed by atoms with Gasteiger partial charge in [-0.1, -0.05) is 50.2 Å². The molecule has 0 saturated carbocycles. The fourth-order valence-corrected chi connectivity index (χ4v) is 3.62. The smallest absolute Gasteiger partial charge is 0.257 e. The van der Waals surface area contributed by atoms with Crippen molar-refractivity contribution in [2.24, 2.45) is 5.92 Å². The molecule has 0 spiro atoms. The molecule has 0 saturated heterocycles. The van der Waals surface area contributed by atoms with Crippen LogP contribution in [0.3, 0.4) is 0 Å². The van der Waals surface area contributed by atoms with Crippen LogP contribution in [-0.2, 0) is 11.2 Å². The molecule has 3 rings (SSSR count). The zero-order chi connectivity index (χ0) is 25.7. The lowest BCUT2D eigenvalue weighted by Gasteiger charge is -2.25. The maximum Gasteiger partial charge on any atom is 0.257 e. The van der Waals surface area contributed by atoms with Gasteiger partial charge in [-0.2, -0.15) is 0 Å². The second-order valence-electron chi connectivity index (χ2n) is 8.83. The van der Waals surface area contributed by atoms with E-state index in [0.29, 0.717) is 13.0 Å². The largest absolute Gasteiger partial charge is 0.505 e. The summed E-state index contributed by atoms with van der Waals surface area (Å²) >= 11 is 0. The van der Waals surface area contributed by atoms with Gasteiger partial charge in [-0.15, -0.1) is 0 Å². The fourth-order valence-electron chi connectivity index (χ4n) is 3.62. The van der Waals surface area contributed by atoms with E-state index in [1.54, 1.807) is 20.2 Å². The molecule has 9 nitrogen and oxygen atoms in total. The van der Waals surface area contributed by atoms with E-state index in [1.807, 2.05) is 44.2 Å². The number of carbonyl (C=O) groups excluding carboxylic acids is 2. The fraction of sp³-hybridized carbons (Fsp3) is 0.308. The van der Waals surface area contributed by atoms with Crippen LogP contribution in [0.15, 0.2) is 58.1 Å². The number of amides is 2. The van der Waals surface area contributed by atoms with Gasteiger partial charge in [-0.25, -0.2) is 0 Å². The summed E-state index contributed by atoms with van der Waals surface area (Å²) in [7, 11) is 3.11. The second-order valence-corrected chi connectivity index (χ2v) is 8.83. The average Bonchev–Trinajstić information content (AvgIpc) is 2.84. The molecule has 2 amide bonds. The molecule has 0 bridgehead atoms. The van der Waals surface area contributed by atoms with E-state index in [9.17, 15) is 24.3 Å². The first kappa shape index (κ1) is 25.5. The quantitative estimate of drug-likeness (QED) is 0.260. The van der Waals surface area contributed by atoms with Gasteiger partial charge in [-0.05, 0) is 30.0 Å². The standard InChI is InChI=1S/C26H30N4O5/c1-15(2)19(25(34)27-14-13-16-9-6-5-7-10-16)29-21-20(23(32)24(21)33)28-18-12-8-11-17(22(18)31)26(35)30(3)4/h5-12,15,19,28-29,31H,13-14H2,1-4H3,(H,27,34)/t19-/m1/s1. The number of para-hydroxylation sites is 1. The first-order chi connectivity index (χ1) is 16.6. The van der Waals surface area contributed by atoms with Crippen LogP contribution in [0, 0.1) is 5.92 Å². The maximum atomic E-state index is 12.8. The van der Waals surface area contributed by atoms with Crippen molar-refractivity contribution < 1.29 is 14.7 Å².